The van der Waals surface area contributed by atoms with Crippen LogP contribution < -0.4 is 0 Å². The first kappa shape index (κ1) is 16.4. The summed E-state index contributed by atoms with van der Waals surface area (Å²) in [4.78, 5) is 4.74. The van der Waals surface area contributed by atoms with Gasteiger partial charge in [0.25, 0.3) is 0 Å². The Balaban J connectivity index is 0. The average Bonchev–Trinajstić information content (AvgIpc) is 2.24. The topological polar surface area (TPSA) is 6.48 Å². The molecule has 88 valence electrons. The summed E-state index contributed by atoms with van der Waals surface area (Å²) < 4.78 is 0. The lowest BCUT2D eigenvalue weighted by Crippen LogP contribution is -2.43. The van der Waals surface area contributed by atoms with Gasteiger partial charge in [0.2, 0.25) is 0 Å². The third-order valence-electron chi connectivity index (χ3n) is 2.33. The first-order valence-electron chi connectivity index (χ1n) is 6.05. The maximum absolute atomic E-state index is 2.41. The molecule has 14 heavy (non-hydrogen) atoms. The van der Waals surface area contributed by atoms with Crippen molar-refractivity contribution in [2.45, 2.75) is 46.6 Å². The molecule has 0 aromatic rings. The Morgan fingerprint density at radius 2 is 1.57 bits per heavy atom. The number of likely N-dealkylation sites (N-methyl/N-ethyl adjacent to an activating group) is 2. The van der Waals surface area contributed by atoms with Crippen LogP contribution in [0.4, 0.5) is 0 Å². The van der Waals surface area contributed by atoms with Crippen molar-refractivity contribution in [3.8, 4) is 0 Å². The van der Waals surface area contributed by atoms with Crippen LogP contribution in [0.25, 0.3) is 0 Å². The van der Waals surface area contributed by atoms with Gasteiger partial charge in [-0.3, -0.25) is 0 Å². The van der Waals surface area contributed by atoms with Crippen LogP contribution in [0.3, 0.4) is 0 Å². The smallest absolute Gasteiger partial charge is 0.0217 e. The molecule has 1 atom stereocenters. The molecule has 2 nitrogen and oxygen atoms in total. The van der Waals surface area contributed by atoms with E-state index in [-0.39, 0.29) is 0 Å². The SMILES string of the molecule is CC.CC.CN1CCCC(N(C)C)C1. The summed E-state index contributed by atoms with van der Waals surface area (Å²) in [7, 11) is 6.54. The molecule has 1 aliphatic rings. The van der Waals surface area contributed by atoms with Crippen molar-refractivity contribution in [2.75, 3.05) is 34.2 Å². The van der Waals surface area contributed by atoms with E-state index in [1.807, 2.05) is 27.7 Å². The molecule has 1 saturated heterocycles. The molecular formula is C12H30N2. The molecule has 1 rings (SSSR count). The summed E-state index contributed by atoms with van der Waals surface area (Å²) >= 11 is 0. The van der Waals surface area contributed by atoms with Crippen molar-refractivity contribution < 1.29 is 0 Å². The van der Waals surface area contributed by atoms with Gasteiger partial charge in [-0.05, 0) is 40.5 Å². The Morgan fingerprint density at radius 3 is 1.86 bits per heavy atom. The van der Waals surface area contributed by atoms with Gasteiger partial charge in [0.05, 0.1) is 0 Å². The molecule has 0 aromatic carbocycles. The highest BCUT2D eigenvalue weighted by molar-refractivity contribution is 4.75. The van der Waals surface area contributed by atoms with E-state index < -0.39 is 0 Å². The average molecular weight is 202 g/mol. The predicted octanol–water partition coefficient (Wildman–Crippen LogP) is 2.69. The van der Waals surface area contributed by atoms with Gasteiger partial charge in [0.1, 0.15) is 0 Å². The summed E-state index contributed by atoms with van der Waals surface area (Å²) in [6, 6.07) is 0.791. The molecule has 0 aromatic heterocycles. The second kappa shape index (κ2) is 11.0. The van der Waals surface area contributed by atoms with Gasteiger partial charge < -0.3 is 9.80 Å². The molecule has 0 radical (unpaired) electrons. The van der Waals surface area contributed by atoms with Gasteiger partial charge in [0.15, 0.2) is 0 Å². The first-order chi connectivity index (χ1) is 6.70. The summed E-state index contributed by atoms with van der Waals surface area (Å²) in [6.07, 6.45) is 2.73. The van der Waals surface area contributed by atoms with Crippen molar-refractivity contribution in [3.63, 3.8) is 0 Å². The molecule has 0 N–H and O–H groups in total. The molecule has 1 heterocycles. The number of hydrogen-bond acceptors (Lipinski definition) is 2. The van der Waals surface area contributed by atoms with Crippen LogP contribution in [0, 0.1) is 0 Å². The van der Waals surface area contributed by atoms with Crippen molar-refractivity contribution in [1.82, 2.24) is 9.80 Å². The van der Waals surface area contributed by atoms with E-state index in [0.717, 1.165) is 6.04 Å². The van der Waals surface area contributed by atoms with Crippen LogP contribution in [-0.2, 0) is 0 Å². The van der Waals surface area contributed by atoms with Crippen LogP contribution >= 0.6 is 0 Å². The van der Waals surface area contributed by atoms with Crippen LogP contribution in [0.2, 0.25) is 0 Å². The molecule has 0 aliphatic carbocycles. The minimum atomic E-state index is 0.791. The Bertz CT molecular complexity index is 102. The molecule has 1 unspecified atom stereocenters. The first-order valence-corrected chi connectivity index (χ1v) is 6.05. The Hall–Kier alpha value is -0.0800. The molecular weight excluding hydrogens is 172 g/mol. The number of piperidine rings is 1. The van der Waals surface area contributed by atoms with E-state index in [2.05, 4.69) is 30.9 Å². The lowest BCUT2D eigenvalue weighted by molar-refractivity contribution is 0.155. The zero-order valence-corrected chi connectivity index (χ0v) is 11.3. The quantitative estimate of drug-likeness (QED) is 0.645. The molecule has 0 saturated carbocycles. The Labute approximate surface area is 91.3 Å². The van der Waals surface area contributed by atoms with E-state index in [1.165, 1.54) is 25.9 Å². The van der Waals surface area contributed by atoms with Gasteiger partial charge in [-0.15, -0.1) is 0 Å². The molecule has 1 aliphatic heterocycles. The molecule has 0 amide bonds. The van der Waals surface area contributed by atoms with E-state index >= 15 is 0 Å². The number of likely N-dealkylation sites (tertiary alicyclic amines) is 1. The standard InChI is InChI=1S/C8H18N2.2C2H6/c1-9(2)8-5-4-6-10(3)7-8;2*1-2/h8H,4-7H2,1-3H3;2*1-2H3. The van der Waals surface area contributed by atoms with Crippen molar-refractivity contribution in [3.05, 3.63) is 0 Å². The van der Waals surface area contributed by atoms with E-state index in [4.69, 9.17) is 0 Å². The highest BCUT2D eigenvalue weighted by atomic mass is 15.2. The highest BCUT2D eigenvalue weighted by Crippen LogP contribution is 2.11. The predicted molar refractivity (Wildman–Crippen MR) is 66.9 cm³/mol. The van der Waals surface area contributed by atoms with Gasteiger partial charge >= 0.3 is 0 Å². The summed E-state index contributed by atoms with van der Waals surface area (Å²) in [6.45, 7) is 10.5. The summed E-state index contributed by atoms with van der Waals surface area (Å²) in [5.41, 5.74) is 0. The van der Waals surface area contributed by atoms with Crippen LogP contribution in [-0.4, -0.2) is 50.1 Å². The number of nitrogens with zero attached hydrogens (tertiary/aromatic N) is 2. The minimum Gasteiger partial charge on any atom is -0.305 e. The van der Waals surface area contributed by atoms with E-state index in [9.17, 15) is 0 Å². The monoisotopic (exact) mass is 202 g/mol. The van der Waals surface area contributed by atoms with Gasteiger partial charge in [-0.2, -0.15) is 0 Å². The molecule has 2 heteroatoms. The van der Waals surface area contributed by atoms with Gasteiger partial charge in [0, 0.05) is 12.6 Å². The van der Waals surface area contributed by atoms with Crippen LogP contribution in [0.5, 0.6) is 0 Å². The van der Waals surface area contributed by atoms with E-state index in [1.54, 1.807) is 0 Å². The maximum Gasteiger partial charge on any atom is 0.0217 e. The second-order valence-corrected chi connectivity index (χ2v) is 3.52. The van der Waals surface area contributed by atoms with Crippen molar-refractivity contribution in [2.24, 2.45) is 0 Å². The van der Waals surface area contributed by atoms with Gasteiger partial charge in [-0.25, -0.2) is 0 Å². The largest absolute Gasteiger partial charge is 0.305 e. The molecule has 0 bridgehead atoms. The lowest BCUT2D eigenvalue weighted by atomic mass is 10.1. The zero-order chi connectivity index (χ0) is 11.6. The van der Waals surface area contributed by atoms with Crippen molar-refractivity contribution in [1.29, 1.82) is 0 Å². The number of rotatable bonds is 1. The summed E-state index contributed by atoms with van der Waals surface area (Å²) in [5.74, 6) is 0. The third kappa shape index (κ3) is 7.34. The fourth-order valence-corrected chi connectivity index (χ4v) is 1.56. The number of hydrogen-bond donors (Lipinski definition) is 0. The van der Waals surface area contributed by atoms with Crippen molar-refractivity contribution >= 4 is 0 Å². The minimum absolute atomic E-state index is 0.791. The Morgan fingerprint density at radius 1 is 1.07 bits per heavy atom. The van der Waals surface area contributed by atoms with Crippen LogP contribution in [0.1, 0.15) is 40.5 Å². The Kier molecular flexibility index (Phi) is 12.8. The summed E-state index contributed by atoms with van der Waals surface area (Å²) in [5, 5.41) is 0. The van der Waals surface area contributed by atoms with E-state index in [0.29, 0.717) is 0 Å². The second-order valence-electron chi connectivity index (χ2n) is 3.52. The lowest BCUT2D eigenvalue weighted by Gasteiger charge is -2.33. The zero-order valence-electron chi connectivity index (χ0n) is 11.3. The normalized spacial score (nSPS) is 21.9. The molecule has 0 spiro atoms. The maximum atomic E-state index is 2.41. The van der Waals surface area contributed by atoms with Crippen LogP contribution in [0.15, 0.2) is 0 Å². The fourth-order valence-electron chi connectivity index (χ4n) is 1.56. The van der Waals surface area contributed by atoms with Gasteiger partial charge in [-0.1, -0.05) is 27.7 Å². The molecule has 1 fully saturated rings. The third-order valence-corrected chi connectivity index (χ3v) is 2.33. The fraction of sp³-hybridized carbons (Fsp3) is 1.00. The highest BCUT2D eigenvalue weighted by Gasteiger charge is 2.17.